The SMILES string of the molecule is CC(C(=O)O)N(C)CCC(=O)NC(c1ccccc1)c1ccccc1. The standard InChI is InChI=1S/C20H24N2O3/c1-15(20(24)25)22(2)14-13-18(23)21-19(16-9-5-3-6-10-16)17-11-7-4-8-12-17/h3-12,15,19H,13-14H2,1-2H3,(H,21,23)(H,24,25). The van der Waals surface area contributed by atoms with Gasteiger partial charge in [0.05, 0.1) is 6.04 Å². The number of nitrogens with zero attached hydrogens (tertiary/aromatic N) is 1. The highest BCUT2D eigenvalue weighted by atomic mass is 16.4. The van der Waals surface area contributed by atoms with E-state index < -0.39 is 12.0 Å². The summed E-state index contributed by atoms with van der Waals surface area (Å²) in [6.45, 7) is 1.99. The molecule has 0 bridgehead atoms. The van der Waals surface area contributed by atoms with Crippen molar-refractivity contribution in [2.24, 2.45) is 0 Å². The van der Waals surface area contributed by atoms with Gasteiger partial charge in [-0.1, -0.05) is 60.7 Å². The maximum absolute atomic E-state index is 12.4. The highest BCUT2D eigenvalue weighted by Gasteiger charge is 2.19. The van der Waals surface area contributed by atoms with Crippen LogP contribution in [-0.2, 0) is 9.59 Å². The summed E-state index contributed by atoms with van der Waals surface area (Å²) in [6.07, 6.45) is 0.240. The summed E-state index contributed by atoms with van der Waals surface area (Å²) in [4.78, 5) is 25.1. The molecule has 0 fully saturated rings. The Hall–Kier alpha value is -2.66. The van der Waals surface area contributed by atoms with E-state index in [4.69, 9.17) is 5.11 Å². The maximum Gasteiger partial charge on any atom is 0.320 e. The zero-order chi connectivity index (χ0) is 18.2. The first-order valence-electron chi connectivity index (χ1n) is 8.31. The minimum Gasteiger partial charge on any atom is -0.480 e. The molecule has 25 heavy (non-hydrogen) atoms. The molecule has 0 aliphatic rings. The fourth-order valence-electron chi connectivity index (χ4n) is 2.54. The molecule has 0 aliphatic heterocycles. The summed E-state index contributed by atoms with van der Waals surface area (Å²) in [5.41, 5.74) is 2.02. The number of rotatable bonds is 8. The number of nitrogens with one attached hydrogen (secondary N) is 1. The zero-order valence-corrected chi connectivity index (χ0v) is 14.6. The van der Waals surface area contributed by atoms with Gasteiger partial charge in [-0.2, -0.15) is 0 Å². The lowest BCUT2D eigenvalue weighted by Crippen LogP contribution is -2.39. The zero-order valence-electron chi connectivity index (χ0n) is 14.6. The van der Waals surface area contributed by atoms with E-state index in [2.05, 4.69) is 5.32 Å². The minimum atomic E-state index is -0.894. The number of carboxylic acids is 1. The van der Waals surface area contributed by atoms with E-state index in [-0.39, 0.29) is 18.4 Å². The van der Waals surface area contributed by atoms with Gasteiger partial charge in [0.15, 0.2) is 0 Å². The highest BCUT2D eigenvalue weighted by Crippen LogP contribution is 2.21. The first-order valence-corrected chi connectivity index (χ1v) is 8.31. The topological polar surface area (TPSA) is 69.6 Å². The lowest BCUT2D eigenvalue weighted by atomic mass is 9.98. The van der Waals surface area contributed by atoms with Gasteiger partial charge in [0.2, 0.25) is 5.91 Å². The van der Waals surface area contributed by atoms with Gasteiger partial charge in [-0.15, -0.1) is 0 Å². The van der Waals surface area contributed by atoms with Gasteiger partial charge in [-0.3, -0.25) is 14.5 Å². The monoisotopic (exact) mass is 340 g/mol. The minimum absolute atomic E-state index is 0.109. The first-order chi connectivity index (χ1) is 12.0. The van der Waals surface area contributed by atoms with E-state index >= 15 is 0 Å². The summed E-state index contributed by atoms with van der Waals surface area (Å²) in [5.74, 6) is -1.00. The number of aliphatic carboxylic acids is 1. The van der Waals surface area contributed by atoms with Gasteiger partial charge in [0.25, 0.3) is 0 Å². The van der Waals surface area contributed by atoms with Gasteiger partial charge >= 0.3 is 5.97 Å². The van der Waals surface area contributed by atoms with Crippen LogP contribution in [0.3, 0.4) is 0 Å². The largest absolute Gasteiger partial charge is 0.480 e. The number of carbonyl (C=O) groups excluding carboxylic acids is 1. The fourth-order valence-corrected chi connectivity index (χ4v) is 2.54. The molecule has 0 spiro atoms. The second kappa shape index (κ2) is 8.99. The van der Waals surface area contributed by atoms with Crippen molar-refractivity contribution in [2.45, 2.75) is 25.4 Å². The quantitative estimate of drug-likeness (QED) is 0.775. The van der Waals surface area contributed by atoms with Crippen molar-refractivity contribution in [3.8, 4) is 0 Å². The number of likely N-dealkylation sites (N-methyl/N-ethyl adjacent to an activating group) is 1. The van der Waals surface area contributed by atoms with Crippen LogP contribution in [0.2, 0.25) is 0 Å². The summed E-state index contributed by atoms with van der Waals surface area (Å²) in [5, 5.41) is 12.1. The summed E-state index contributed by atoms with van der Waals surface area (Å²) in [6, 6.07) is 18.7. The predicted molar refractivity (Wildman–Crippen MR) is 97.2 cm³/mol. The Morgan fingerprint density at radius 2 is 1.48 bits per heavy atom. The molecular formula is C20H24N2O3. The van der Waals surface area contributed by atoms with Crippen molar-refractivity contribution in [1.29, 1.82) is 0 Å². The molecule has 1 unspecified atom stereocenters. The third kappa shape index (κ3) is 5.43. The molecule has 0 aromatic heterocycles. The van der Waals surface area contributed by atoms with E-state index in [1.807, 2.05) is 60.7 Å². The maximum atomic E-state index is 12.4. The fraction of sp³-hybridized carbons (Fsp3) is 0.300. The smallest absolute Gasteiger partial charge is 0.320 e. The molecule has 0 saturated heterocycles. The van der Waals surface area contributed by atoms with Crippen LogP contribution in [-0.4, -0.2) is 41.5 Å². The molecule has 0 saturated carbocycles. The average Bonchev–Trinajstić information content (AvgIpc) is 2.64. The third-order valence-corrected chi connectivity index (χ3v) is 4.28. The highest BCUT2D eigenvalue weighted by molar-refractivity contribution is 5.77. The number of amides is 1. The van der Waals surface area contributed by atoms with Crippen molar-refractivity contribution in [3.63, 3.8) is 0 Å². The van der Waals surface area contributed by atoms with Crippen molar-refractivity contribution in [1.82, 2.24) is 10.2 Å². The van der Waals surface area contributed by atoms with Crippen molar-refractivity contribution >= 4 is 11.9 Å². The van der Waals surface area contributed by atoms with Crippen LogP contribution < -0.4 is 5.32 Å². The Balaban J connectivity index is 2.05. The molecule has 0 aliphatic carbocycles. The lowest BCUT2D eigenvalue weighted by molar-refractivity contribution is -0.142. The molecule has 2 rings (SSSR count). The van der Waals surface area contributed by atoms with Gasteiger partial charge < -0.3 is 10.4 Å². The molecule has 2 aromatic carbocycles. The van der Waals surface area contributed by atoms with E-state index in [0.29, 0.717) is 6.54 Å². The molecule has 0 heterocycles. The van der Waals surface area contributed by atoms with Crippen molar-refractivity contribution in [3.05, 3.63) is 71.8 Å². The summed E-state index contributed by atoms with van der Waals surface area (Å²) >= 11 is 0. The van der Waals surface area contributed by atoms with Crippen LogP contribution in [0.5, 0.6) is 0 Å². The molecule has 2 N–H and O–H groups in total. The van der Waals surface area contributed by atoms with Crippen LogP contribution >= 0.6 is 0 Å². The van der Waals surface area contributed by atoms with Crippen LogP contribution in [0.25, 0.3) is 0 Å². The third-order valence-electron chi connectivity index (χ3n) is 4.28. The Kier molecular flexibility index (Phi) is 6.71. The summed E-state index contributed by atoms with van der Waals surface area (Å²) < 4.78 is 0. The van der Waals surface area contributed by atoms with Crippen LogP contribution in [0.15, 0.2) is 60.7 Å². The van der Waals surface area contributed by atoms with Gasteiger partial charge in [-0.05, 0) is 25.1 Å². The van der Waals surface area contributed by atoms with Crippen LogP contribution in [0.1, 0.15) is 30.5 Å². The molecule has 132 valence electrons. The van der Waals surface area contributed by atoms with Gasteiger partial charge in [0.1, 0.15) is 6.04 Å². The van der Waals surface area contributed by atoms with E-state index in [9.17, 15) is 9.59 Å². The molecule has 0 radical (unpaired) electrons. The molecule has 5 heteroatoms. The van der Waals surface area contributed by atoms with Gasteiger partial charge in [0, 0.05) is 13.0 Å². The van der Waals surface area contributed by atoms with E-state index in [1.54, 1.807) is 18.9 Å². The van der Waals surface area contributed by atoms with Crippen LogP contribution in [0, 0.1) is 0 Å². The van der Waals surface area contributed by atoms with Crippen LogP contribution in [0.4, 0.5) is 0 Å². The number of benzene rings is 2. The Bertz CT molecular complexity index is 649. The van der Waals surface area contributed by atoms with Crippen molar-refractivity contribution in [2.75, 3.05) is 13.6 Å². The first kappa shape index (κ1) is 18.7. The lowest BCUT2D eigenvalue weighted by Gasteiger charge is -2.23. The average molecular weight is 340 g/mol. The number of carbonyl (C=O) groups is 2. The Labute approximate surface area is 148 Å². The van der Waals surface area contributed by atoms with E-state index in [1.165, 1.54) is 0 Å². The molecule has 1 amide bonds. The molecule has 5 nitrogen and oxygen atoms in total. The normalized spacial score (nSPS) is 12.2. The Morgan fingerprint density at radius 1 is 1.00 bits per heavy atom. The number of hydrogen-bond donors (Lipinski definition) is 2. The number of carboxylic acid groups (broad SMARTS) is 1. The summed E-state index contributed by atoms with van der Waals surface area (Å²) in [7, 11) is 1.71. The Morgan fingerprint density at radius 3 is 1.92 bits per heavy atom. The number of hydrogen-bond acceptors (Lipinski definition) is 3. The molecule has 2 aromatic rings. The second-order valence-corrected chi connectivity index (χ2v) is 6.07. The van der Waals surface area contributed by atoms with Crippen molar-refractivity contribution < 1.29 is 14.7 Å². The second-order valence-electron chi connectivity index (χ2n) is 6.07. The van der Waals surface area contributed by atoms with E-state index in [0.717, 1.165) is 11.1 Å². The predicted octanol–water partition coefficient (Wildman–Crippen LogP) is 2.69. The molecule has 1 atom stereocenters. The molecular weight excluding hydrogens is 316 g/mol. The van der Waals surface area contributed by atoms with Gasteiger partial charge in [-0.25, -0.2) is 0 Å².